The second-order valence-electron chi connectivity index (χ2n) is 6.16. The van der Waals surface area contributed by atoms with E-state index in [1.54, 1.807) is 11.8 Å². The predicted octanol–water partition coefficient (Wildman–Crippen LogP) is 1.73. The predicted molar refractivity (Wildman–Crippen MR) is 73.3 cm³/mol. The van der Waals surface area contributed by atoms with E-state index in [4.69, 9.17) is 0 Å². The van der Waals surface area contributed by atoms with Crippen LogP contribution in [0.2, 0.25) is 0 Å². The van der Waals surface area contributed by atoms with Crippen molar-refractivity contribution in [2.45, 2.75) is 44.4 Å². The van der Waals surface area contributed by atoms with E-state index < -0.39 is 0 Å². The fourth-order valence-corrected chi connectivity index (χ4v) is 3.36. The van der Waals surface area contributed by atoms with E-state index in [2.05, 4.69) is 31.0 Å². The number of likely N-dealkylation sites (tertiary alicyclic amines) is 1. The first-order chi connectivity index (χ1) is 7.96. The van der Waals surface area contributed by atoms with Gasteiger partial charge in [0, 0.05) is 23.9 Å². The zero-order valence-corrected chi connectivity index (χ0v) is 12.0. The summed E-state index contributed by atoms with van der Waals surface area (Å²) < 4.78 is 0.181. The van der Waals surface area contributed by atoms with Crippen LogP contribution in [0.5, 0.6) is 0 Å². The molecule has 98 valence electrons. The van der Waals surface area contributed by atoms with Crippen LogP contribution in [0, 0.1) is 5.92 Å². The average molecular weight is 256 g/mol. The number of rotatable bonds is 2. The molecule has 4 heteroatoms. The molecule has 0 bridgehead atoms. The zero-order chi connectivity index (χ0) is 12.5. The smallest absolute Gasteiger partial charge is 0.232 e. The van der Waals surface area contributed by atoms with Crippen molar-refractivity contribution in [2.75, 3.05) is 25.4 Å². The molecule has 2 unspecified atom stereocenters. The summed E-state index contributed by atoms with van der Waals surface area (Å²) in [5, 5.41) is 3.54. The van der Waals surface area contributed by atoms with E-state index in [0.717, 1.165) is 19.6 Å². The van der Waals surface area contributed by atoms with Crippen molar-refractivity contribution in [3.05, 3.63) is 0 Å². The van der Waals surface area contributed by atoms with Gasteiger partial charge in [0.2, 0.25) is 5.91 Å². The summed E-state index contributed by atoms with van der Waals surface area (Å²) in [5.41, 5.74) is 0. The van der Waals surface area contributed by atoms with Crippen LogP contribution in [0.1, 0.15) is 33.6 Å². The van der Waals surface area contributed by atoms with Gasteiger partial charge in [-0.25, -0.2) is 0 Å². The van der Waals surface area contributed by atoms with Gasteiger partial charge in [-0.3, -0.25) is 4.79 Å². The fraction of sp³-hybridized carbons (Fsp3) is 0.923. The Kier molecular flexibility index (Phi) is 4.03. The lowest BCUT2D eigenvalue weighted by molar-refractivity contribution is -0.127. The molecule has 2 saturated heterocycles. The third-order valence-corrected chi connectivity index (χ3v) is 4.84. The summed E-state index contributed by atoms with van der Waals surface area (Å²) >= 11 is 1.75. The van der Waals surface area contributed by atoms with Crippen molar-refractivity contribution in [2.24, 2.45) is 5.92 Å². The van der Waals surface area contributed by atoms with Gasteiger partial charge in [0.05, 0.1) is 5.75 Å². The lowest BCUT2D eigenvalue weighted by Crippen LogP contribution is -2.41. The number of thioether (sulfide) groups is 1. The number of nitrogens with one attached hydrogen (secondary N) is 1. The van der Waals surface area contributed by atoms with E-state index >= 15 is 0 Å². The largest absolute Gasteiger partial charge is 0.340 e. The van der Waals surface area contributed by atoms with Gasteiger partial charge in [-0.05, 0) is 25.3 Å². The average Bonchev–Trinajstić information content (AvgIpc) is 2.68. The summed E-state index contributed by atoms with van der Waals surface area (Å²) in [4.78, 5) is 14.2. The Labute approximate surface area is 109 Å². The minimum absolute atomic E-state index is 0.181. The molecule has 2 aliphatic rings. The van der Waals surface area contributed by atoms with Crippen LogP contribution in [-0.4, -0.2) is 47.0 Å². The molecule has 0 aromatic heterocycles. The zero-order valence-electron chi connectivity index (χ0n) is 11.2. The molecule has 1 amide bonds. The maximum atomic E-state index is 12.1. The molecule has 0 aromatic carbocycles. The highest BCUT2D eigenvalue weighted by Gasteiger charge is 2.36. The van der Waals surface area contributed by atoms with Gasteiger partial charge in [0.15, 0.2) is 0 Å². The van der Waals surface area contributed by atoms with Gasteiger partial charge in [0.25, 0.3) is 0 Å². The summed E-state index contributed by atoms with van der Waals surface area (Å²) in [6.45, 7) is 9.51. The molecule has 2 atom stereocenters. The molecule has 2 fully saturated rings. The first-order valence-corrected chi connectivity index (χ1v) is 7.59. The van der Waals surface area contributed by atoms with Crippen LogP contribution in [0.3, 0.4) is 0 Å². The standard InChI is InChI=1S/C13H24N2OS/c1-13(2,3)17-9-12(16)15-7-10-5-4-6-14-11(10)8-15/h10-11,14H,4-9H2,1-3H3. The molecule has 0 spiro atoms. The number of amides is 1. The summed E-state index contributed by atoms with van der Waals surface area (Å²) in [6, 6.07) is 0.562. The van der Waals surface area contributed by atoms with E-state index in [1.807, 2.05) is 0 Å². The second kappa shape index (κ2) is 5.19. The third-order valence-electron chi connectivity index (χ3n) is 3.58. The number of hydrogen-bond acceptors (Lipinski definition) is 3. The van der Waals surface area contributed by atoms with Crippen LogP contribution < -0.4 is 5.32 Å². The highest BCUT2D eigenvalue weighted by Crippen LogP contribution is 2.27. The number of hydrogen-bond donors (Lipinski definition) is 1. The SMILES string of the molecule is CC(C)(C)SCC(=O)N1CC2CCCNC2C1. The quantitative estimate of drug-likeness (QED) is 0.816. The molecule has 2 aliphatic heterocycles. The van der Waals surface area contributed by atoms with Gasteiger partial charge in [0.1, 0.15) is 0 Å². The van der Waals surface area contributed by atoms with E-state index in [1.165, 1.54) is 12.8 Å². The van der Waals surface area contributed by atoms with Gasteiger partial charge >= 0.3 is 0 Å². The molecule has 2 heterocycles. The Balaban J connectivity index is 1.81. The van der Waals surface area contributed by atoms with Crippen LogP contribution in [0.15, 0.2) is 0 Å². The minimum Gasteiger partial charge on any atom is -0.340 e. The van der Waals surface area contributed by atoms with Gasteiger partial charge in [-0.15, -0.1) is 11.8 Å². The second-order valence-corrected chi connectivity index (χ2v) is 7.96. The highest BCUT2D eigenvalue weighted by atomic mass is 32.2. The fourth-order valence-electron chi connectivity index (χ4n) is 2.62. The monoisotopic (exact) mass is 256 g/mol. The van der Waals surface area contributed by atoms with Crippen LogP contribution in [-0.2, 0) is 4.79 Å². The first kappa shape index (κ1) is 13.2. The topological polar surface area (TPSA) is 32.3 Å². The van der Waals surface area contributed by atoms with Crippen molar-refractivity contribution in [3.8, 4) is 0 Å². The summed E-state index contributed by atoms with van der Waals surface area (Å²) in [7, 11) is 0. The Morgan fingerprint density at radius 1 is 1.41 bits per heavy atom. The van der Waals surface area contributed by atoms with Crippen molar-refractivity contribution in [1.29, 1.82) is 0 Å². The van der Waals surface area contributed by atoms with E-state index in [-0.39, 0.29) is 4.75 Å². The lowest BCUT2D eigenvalue weighted by atomic mass is 9.94. The van der Waals surface area contributed by atoms with Crippen LogP contribution in [0.4, 0.5) is 0 Å². The Hall–Kier alpha value is -0.220. The van der Waals surface area contributed by atoms with Gasteiger partial charge < -0.3 is 10.2 Å². The molecule has 0 aliphatic carbocycles. The van der Waals surface area contributed by atoms with Crippen molar-refractivity contribution in [1.82, 2.24) is 10.2 Å². The van der Waals surface area contributed by atoms with Crippen molar-refractivity contribution >= 4 is 17.7 Å². The molecule has 1 N–H and O–H groups in total. The minimum atomic E-state index is 0.181. The van der Waals surface area contributed by atoms with Gasteiger partial charge in [-0.2, -0.15) is 0 Å². The highest BCUT2D eigenvalue weighted by molar-refractivity contribution is 8.01. The molecule has 0 saturated carbocycles. The molecular weight excluding hydrogens is 232 g/mol. The van der Waals surface area contributed by atoms with Crippen LogP contribution in [0.25, 0.3) is 0 Å². The normalized spacial score (nSPS) is 29.2. The molecule has 17 heavy (non-hydrogen) atoms. The maximum absolute atomic E-state index is 12.1. The Morgan fingerprint density at radius 2 is 2.18 bits per heavy atom. The third kappa shape index (κ3) is 3.62. The Bertz CT molecular complexity index is 274. The van der Waals surface area contributed by atoms with Crippen molar-refractivity contribution in [3.63, 3.8) is 0 Å². The molecular formula is C13H24N2OS. The first-order valence-electron chi connectivity index (χ1n) is 6.61. The number of nitrogens with zero attached hydrogens (tertiary/aromatic N) is 1. The number of piperidine rings is 1. The summed E-state index contributed by atoms with van der Waals surface area (Å²) in [6.07, 6.45) is 2.55. The molecule has 0 radical (unpaired) electrons. The number of carbonyl (C=O) groups is 1. The maximum Gasteiger partial charge on any atom is 0.232 e. The van der Waals surface area contributed by atoms with Crippen molar-refractivity contribution < 1.29 is 4.79 Å². The molecule has 0 aromatic rings. The van der Waals surface area contributed by atoms with E-state index in [0.29, 0.717) is 23.6 Å². The number of carbonyl (C=O) groups excluding carboxylic acids is 1. The molecule has 2 rings (SSSR count). The number of fused-ring (bicyclic) bond motifs is 1. The molecule has 3 nitrogen and oxygen atoms in total. The van der Waals surface area contributed by atoms with E-state index in [9.17, 15) is 4.79 Å². The lowest BCUT2D eigenvalue weighted by Gasteiger charge is -2.24. The Morgan fingerprint density at radius 3 is 2.82 bits per heavy atom. The van der Waals surface area contributed by atoms with Crippen LogP contribution >= 0.6 is 11.8 Å². The summed E-state index contributed by atoms with van der Waals surface area (Å²) in [5.74, 6) is 1.65. The van der Waals surface area contributed by atoms with Gasteiger partial charge in [-0.1, -0.05) is 20.8 Å².